The number of aliphatic hydroxyl groups is 2. The van der Waals surface area contributed by atoms with Crippen LogP contribution in [0.1, 0.15) is 17.2 Å². The first-order valence-corrected chi connectivity index (χ1v) is 4.99. The molecule has 8 heteroatoms. The molecule has 1 aromatic carbocycles. The molecular weight excluding hydrogens is 272 g/mol. The van der Waals surface area contributed by atoms with E-state index >= 15 is 0 Å². The van der Waals surface area contributed by atoms with Crippen LogP contribution in [0.3, 0.4) is 0 Å². The first kappa shape index (κ1) is 15.4. The van der Waals surface area contributed by atoms with E-state index in [9.17, 15) is 32.6 Å². The van der Waals surface area contributed by atoms with Crippen LogP contribution in [0.25, 0.3) is 0 Å². The van der Waals surface area contributed by atoms with Crippen molar-refractivity contribution in [3.63, 3.8) is 0 Å². The topological polar surface area (TPSA) is 66.8 Å². The zero-order valence-electron chi connectivity index (χ0n) is 9.61. The summed E-state index contributed by atoms with van der Waals surface area (Å²) in [6.07, 6.45) is -9.31. The highest BCUT2D eigenvalue weighted by Crippen LogP contribution is 2.36. The molecule has 0 heterocycles. The van der Waals surface area contributed by atoms with Crippen molar-refractivity contribution in [2.45, 2.75) is 18.4 Å². The van der Waals surface area contributed by atoms with E-state index < -0.39 is 41.3 Å². The van der Waals surface area contributed by atoms with E-state index in [1.165, 1.54) is 0 Å². The van der Waals surface area contributed by atoms with Gasteiger partial charge in [0.25, 0.3) is 0 Å². The third-order valence-electron chi connectivity index (χ3n) is 2.38. The van der Waals surface area contributed by atoms with Gasteiger partial charge in [-0.1, -0.05) is 6.07 Å². The summed E-state index contributed by atoms with van der Waals surface area (Å²) in [7, 11) is 0.896. The van der Waals surface area contributed by atoms with E-state index in [4.69, 9.17) is 0 Å². The van der Waals surface area contributed by atoms with Gasteiger partial charge < -0.3 is 14.9 Å². The molecule has 1 aromatic rings. The summed E-state index contributed by atoms with van der Waals surface area (Å²) in [4.78, 5) is 11.0. The Bertz CT molecular complexity index is 472. The Morgan fingerprint density at radius 3 is 2.37 bits per heavy atom. The van der Waals surface area contributed by atoms with Crippen LogP contribution in [0, 0.1) is 5.82 Å². The Balaban J connectivity index is 3.23. The summed E-state index contributed by atoms with van der Waals surface area (Å²) >= 11 is 0. The number of carbonyl (C=O) groups excluding carboxylic acids is 1. The van der Waals surface area contributed by atoms with Crippen LogP contribution in [0.5, 0.6) is 0 Å². The summed E-state index contributed by atoms with van der Waals surface area (Å²) in [6, 6.07) is 1.50. The average molecular weight is 282 g/mol. The molecule has 0 aliphatic carbocycles. The predicted octanol–water partition coefficient (Wildman–Crippen LogP) is 1.41. The lowest BCUT2D eigenvalue weighted by molar-refractivity contribution is -0.158. The first-order valence-electron chi connectivity index (χ1n) is 4.99. The van der Waals surface area contributed by atoms with Gasteiger partial charge in [-0.25, -0.2) is 9.18 Å². The zero-order chi connectivity index (χ0) is 14.8. The van der Waals surface area contributed by atoms with Crippen LogP contribution in [-0.4, -0.2) is 29.4 Å². The third kappa shape index (κ3) is 3.42. The number of hydrogen-bond acceptors (Lipinski definition) is 4. The van der Waals surface area contributed by atoms with E-state index in [0.717, 1.165) is 7.11 Å². The molecule has 0 spiro atoms. The monoisotopic (exact) mass is 282 g/mol. The number of rotatable bonds is 3. The number of alkyl halides is 3. The Morgan fingerprint density at radius 1 is 1.32 bits per heavy atom. The van der Waals surface area contributed by atoms with Crippen molar-refractivity contribution in [3.8, 4) is 0 Å². The van der Waals surface area contributed by atoms with Crippen LogP contribution in [0.2, 0.25) is 0 Å². The van der Waals surface area contributed by atoms with Gasteiger partial charge in [-0.05, 0) is 17.7 Å². The molecule has 19 heavy (non-hydrogen) atoms. The number of esters is 1. The molecule has 0 aliphatic rings. The Hall–Kier alpha value is -1.67. The van der Waals surface area contributed by atoms with Crippen LogP contribution in [0.15, 0.2) is 18.2 Å². The minimum absolute atomic E-state index is 0.169. The molecule has 0 radical (unpaired) electrons. The van der Waals surface area contributed by atoms with Gasteiger partial charge in [0.2, 0.25) is 0 Å². The molecule has 106 valence electrons. The molecule has 2 N–H and O–H groups in total. The molecule has 2 atom stereocenters. The first-order chi connectivity index (χ1) is 8.68. The van der Waals surface area contributed by atoms with Crippen LogP contribution in [-0.2, 0) is 15.7 Å². The number of methoxy groups -OCH3 is 1. The van der Waals surface area contributed by atoms with Crippen molar-refractivity contribution >= 4 is 5.97 Å². The molecule has 0 bridgehead atoms. The number of ether oxygens (including phenoxy) is 1. The fourth-order valence-electron chi connectivity index (χ4n) is 1.45. The highest BCUT2D eigenvalue weighted by atomic mass is 19.4. The summed E-state index contributed by atoms with van der Waals surface area (Å²) < 4.78 is 54.9. The van der Waals surface area contributed by atoms with E-state index in [1.807, 2.05) is 0 Å². The number of carbonyl (C=O) groups is 1. The van der Waals surface area contributed by atoms with Crippen LogP contribution < -0.4 is 0 Å². The summed E-state index contributed by atoms with van der Waals surface area (Å²) in [5.41, 5.74) is -2.28. The largest absolute Gasteiger partial charge is 0.467 e. The van der Waals surface area contributed by atoms with Crippen molar-refractivity contribution in [1.82, 2.24) is 0 Å². The van der Waals surface area contributed by atoms with Crippen molar-refractivity contribution in [2.24, 2.45) is 0 Å². The zero-order valence-corrected chi connectivity index (χ0v) is 9.61. The second-order valence-corrected chi connectivity index (χ2v) is 3.64. The van der Waals surface area contributed by atoms with Gasteiger partial charge in [0, 0.05) is 0 Å². The van der Waals surface area contributed by atoms with E-state index in [-0.39, 0.29) is 6.07 Å². The molecule has 0 saturated heterocycles. The SMILES string of the molecule is COC(=O)C(O)C(O)c1ccc(F)cc1C(F)(F)F. The van der Waals surface area contributed by atoms with Crippen molar-refractivity contribution in [3.05, 3.63) is 35.1 Å². The third-order valence-corrected chi connectivity index (χ3v) is 2.38. The standard InChI is InChI=1S/C11H10F4O4/c1-19-10(18)9(17)8(16)6-3-2-5(12)4-7(6)11(13,14)15/h2-4,8-9,16-17H,1H3. The molecule has 4 nitrogen and oxygen atoms in total. The van der Waals surface area contributed by atoms with Crippen molar-refractivity contribution in [1.29, 1.82) is 0 Å². The lowest BCUT2D eigenvalue weighted by Gasteiger charge is -2.20. The second-order valence-electron chi connectivity index (χ2n) is 3.64. The Labute approximate surface area is 105 Å². The van der Waals surface area contributed by atoms with Gasteiger partial charge in [0.15, 0.2) is 6.10 Å². The lowest BCUT2D eigenvalue weighted by atomic mass is 9.98. The van der Waals surface area contributed by atoms with Crippen molar-refractivity contribution < 1.29 is 37.3 Å². The number of hydrogen-bond donors (Lipinski definition) is 2. The molecule has 0 aliphatic heterocycles. The molecule has 0 aromatic heterocycles. The molecule has 0 saturated carbocycles. The lowest BCUT2D eigenvalue weighted by Crippen LogP contribution is -2.30. The van der Waals surface area contributed by atoms with Gasteiger partial charge in [0.1, 0.15) is 11.9 Å². The number of halogens is 4. The molecule has 2 unspecified atom stereocenters. The summed E-state index contributed by atoms with van der Waals surface area (Å²) in [6.45, 7) is 0. The van der Waals surface area contributed by atoms with E-state index in [2.05, 4.69) is 4.74 Å². The van der Waals surface area contributed by atoms with Crippen molar-refractivity contribution in [2.75, 3.05) is 7.11 Å². The maximum atomic E-state index is 12.8. The fraction of sp³-hybridized carbons (Fsp3) is 0.364. The van der Waals surface area contributed by atoms with Gasteiger partial charge in [-0.15, -0.1) is 0 Å². The highest BCUT2D eigenvalue weighted by molar-refractivity contribution is 5.75. The van der Waals surface area contributed by atoms with Gasteiger partial charge in [-0.3, -0.25) is 0 Å². The Kier molecular flexibility index (Phi) is 4.48. The molecular formula is C11H10F4O4. The maximum absolute atomic E-state index is 12.8. The van der Waals surface area contributed by atoms with E-state index in [1.54, 1.807) is 0 Å². The number of benzene rings is 1. The van der Waals surface area contributed by atoms with Crippen LogP contribution >= 0.6 is 0 Å². The minimum Gasteiger partial charge on any atom is -0.467 e. The molecule has 0 amide bonds. The second kappa shape index (κ2) is 5.54. The maximum Gasteiger partial charge on any atom is 0.416 e. The normalized spacial score (nSPS) is 14.9. The predicted molar refractivity (Wildman–Crippen MR) is 54.4 cm³/mol. The highest BCUT2D eigenvalue weighted by Gasteiger charge is 2.38. The molecule has 0 fully saturated rings. The smallest absolute Gasteiger partial charge is 0.416 e. The molecule has 1 rings (SSSR count). The summed E-state index contributed by atoms with van der Waals surface area (Å²) in [5, 5.41) is 18.9. The van der Waals surface area contributed by atoms with E-state index in [0.29, 0.717) is 12.1 Å². The Morgan fingerprint density at radius 2 is 1.89 bits per heavy atom. The summed E-state index contributed by atoms with van der Waals surface area (Å²) in [5.74, 6) is -2.46. The number of aliphatic hydroxyl groups excluding tert-OH is 2. The van der Waals surface area contributed by atoms with Gasteiger partial charge in [-0.2, -0.15) is 13.2 Å². The van der Waals surface area contributed by atoms with Crippen LogP contribution in [0.4, 0.5) is 17.6 Å². The quantitative estimate of drug-likeness (QED) is 0.650. The van der Waals surface area contributed by atoms with Gasteiger partial charge >= 0.3 is 12.1 Å². The van der Waals surface area contributed by atoms with Gasteiger partial charge in [0.05, 0.1) is 12.7 Å². The fourth-order valence-corrected chi connectivity index (χ4v) is 1.45. The minimum atomic E-state index is -4.94. The average Bonchev–Trinajstić information content (AvgIpc) is 2.35.